The Labute approximate surface area is 123 Å². The van der Waals surface area contributed by atoms with E-state index in [0.717, 1.165) is 6.20 Å². The first-order valence-electron chi connectivity index (χ1n) is 6.42. The van der Waals surface area contributed by atoms with Gasteiger partial charge < -0.3 is 9.47 Å². The van der Waals surface area contributed by atoms with Crippen LogP contribution in [0.1, 0.15) is 31.1 Å². The van der Waals surface area contributed by atoms with Crippen molar-refractivity contribution in [2.75, 3.05) is 20.3 Å². The van der Waals surface area contributed by atoms with Crippen LogP contribution in [0.25, 0.3) is 0 Å². The highest BCUT2D eigenvalue weighted by molar-refractivity contribution is 7.89. The predicted octanol–water partition coefficient (Wildman–Crippen LogP) is 0.596. The Morgan fingerprint density at radius 2 is 2.10 bits per heavy atom. The average Bonchev–Trinajstić information content (AvgIpc) is 2.44. The number of rotatable bonds is 7. The number of aromatic nitrogens is 2. The Kier molecular flexibility index (Phi) is 6.03. The van der Waals surface area contributed by atoms with Crippen molar-refractivity contribution < 1.29 is 22.7 Å². The van der Waals surface area contributed by atoms with Crippen LogP contribution >= 0.6 is 0 Å². The summed E-state index contributed by atoms with van der Waals surface area (Å²) in [6, 6.07) is 0. The molecule has 0 aliphatic heterocycles. The molecule has 0 saturated carbocycles. The van der Waals surface area contributed by atoms with Crippen LogP contribution in [0.5, 0.6) is 5.88 Å². The van der Waals surface area contributed by atoms with Crippen molar-refractivity contribution in [1.29, 1.82) is 0 Å². The number of sulfonamides is 1. The van der Waals surface area contributed by atoms with Crippen molar-refractivity contribution in [1.82, 2.24) is 14.7 Å². The number of esters is 1. The lowest BCUT2D eigenvalue weighted by molar-refractivity contribution is 0.0518. The molecule has 8 nitrogen and oxygen atoms in total. The van der Waals surface area contributed by atoms with Crippen LogP contribution in [0.3, 0.4) is 0 Å². The molecular formula is C12H19N3O5S. The fourth-order valence-electron chi connectivity index (χ4n) is 1.28. The van der Waals surface area contributed by atoms with E-state index in [4.69, 9.17) is 9.47 Å². The average molecular weight is 317 g/mol. The molecule has 1 N–H and O–H groups in total. The SMILES string of the molecule is CCOC(=O)c1cnc(S(=O)(=O)NC)nc1OCC(C)C. The molecule has 1 aromatic rings. The molecule has 118 valence electrons. The maximum absolute atomic E-state index is 11.8. The first kappa shape index (κ1) is 17.3. The van der Waals surface area contributed by atoms with Crippen LogP contribution in [0.4, 0.5) is 0 Å². The van der Waals surface area contributed by atoms with Crippen LogP contribution in [-0.4, -0.2) is 44.6 Å². The summed E-state index contributed by atoms with van der Waals surface area (Å²) in [4.78, 5) is 19.3. The highest BCUT2D eigenvalue weighted by Crippen LogP contribution is 2.18. The number of carbonyl (C=O) groups is 1. The Balaban J connectivity index is 3.22. The standard InChI is InChI=1S/C12H19N3O5S/c1-5-19-11(16)9-6-14-12(21(17,18)13-4)15-10(9)20-7-8(2)3/h6,8,13H,5,7H2,1-4H3. The summed E-state index contributed by atoms with van der Waals surface area (Å²) in [6.45, 7) is 5.95. The predicted molar refractivity (Wildman–Crippen MR) is 74.6 cm³/mol. The molecule has 0 atom stereocenters. The Hall–Kier alpha value is -1.74. The van der Waals surface area contributed by atoms with Crippen LogP contribution in [-0.2, 0) is 14.8 Å². The highest BCUT2D eigenvalue weighted by Gasteiger charge is 2.22. The Bertz CT molecular complexity index is 601. The second-order valence-electron chi connectivity index (χ2n) is 4.50. The molecule has 0 fully saturated rings. The number of carbonyl (C=O) groups excluding carboxylic acids is 1. The highest BCUT2D eigenvalue weighted by atomic mass is 32.2. The molecule has 0 spiro atoms. The van der Waals surface area contributed by atoms with E-state index in [2.05, 4.69) is 14.7 Å². The summed E-state index contributed by atoms with van der Waals surface area (Å²) >= 11 is 0. The van der Waals surface area contributed by atoms with Crippen molar-refractivity contribution in [3.8, 4) is 5.88 Å². The van der Waals surface area contributed by atoms with Gasteiger partial charge in [-0.05, 0) is 19.9 Å². The van der Waals surface area contributed by atoms with Crippen molar-refractivity contribution in [3.63, 3.8) is 0 Å². The topological polar surface area (TPSA) is 107 Å². The summed E-state index contributed by atoms with van der Waals surface area (Å²) in [5, 5.41) is -0.461. The van der Waals surface area contributed by atoms with Crippen molar-refractivity contribution in [3.05, 3.63) is 11.8 Å². The van der Waals surface area contributed by atoms with Gasteiger partial charge in [0.15, 0.2) is 0 Å². The molecule has 1 heterocycles. The molecule has 0 bridgehead atoms. The number of hydrogen-bond donors (Lipinski definition) is 1. The van der Waals surface area contributed by atoms with Gasteiger partial charge in [-0.15, -0.1) is 0 Å². The van der Waals surface area contributed by atoms with Gasteiger partial charge in [-0.1, -0.05) is 13.8 Å². The van der Waals surface area contributed by atoms with E-state index in [1.807, 2.05) is 13.8 Å². The minimum absolute atomic E-state index is 0.00690. The number of ether oxygens (including phenoxy) is 2. The molecule has 0 aromatic carbocycles. The molecule has 0 unspecified atom stereocenters. The Morgan fingerprint density at radius 1 is 1.43 bits per heavy atom. The maximum atomic E-state index is 11.8. The molecule has 21 heavy (non-hydrogen) atoms. The van der Waals surface area contributed by atoms with Gasteiger partial charge in [0, 0.05) is 0 Å². The second kappa shape index (κ2) is 7.32. The fraction of sp³-hybridized carbons (Fsp3) is 0.583. The van der Waals surface area contributed by atoms with Gasteiger partial charge >= 0.3 is 5.97 Å². The van der Waals surface area contributed by atoms with E-state index >= 15 is 0 Å². The molecular weight excluding hydrogens is 298 g/mol. The monoisotopic (exact) mass is 317 g/mol. The summed E-state index contributed by atoms with van der Waals surface area (Å²) in [5.41, 5.74) is -0.00690. The lowest BCUT2D eigenvalue weighted by Gasteiger charge is -2.12. The minimum Gasteiger partial charge on any atom is -0.477 e. The molecule has 1 rings (SSSR count). The normalized spacial score (nSPS) is 11.5. The van der Waals surface area contributed by atoms with E-state index in [1.165, 1.54) is 7.05 Å². The van der Waals surface area contributed by atoms with E-state index in [1.54, 1.807) is 6.92 Å². The van der Waals surface area contributed by atoms with Gasteiger partial charge in [-0.25, -0.2) is 22.9 Å². The summed E-state index contributed by atoms with van der Waals surface area (Å²) in [5.74, 6) is -0.588. The quantitative estimate of drug-likeness (QED) is 0.579. The third kappa shape index (κ3) is 4.64. The summed E-state index contributed by atoms with van der Waals surface area (Å²) in [6.07, 6.45) is 1.09. The van der Waals surface area contributed by atoms with E-state index < -0.39 is 21.1 Å². The van der Waals surface area contributed by atoms with Crippen LogP contribution in [0, 0.1) is 5.92 Å². The third-order valence-corrected chi connectivity index (χ3v) is 3.50. The fourth-order valence-corrected chi connectivity index (χ4v) is 1.85. The van der Waals surface area contributed by atoms with Gasteiger partial charge in [-0.2, -0.15) is 4.98 Å². The van der Waals surface area contributed by atoms with Crippen molar-refractivity contribution in [2.45, 2.75) is 25.9 Å². The molecule has 0 saturated heterocycles. The Morgan fingerprint density at radius 3 is 2.62 bits per heavy atom. The number of nitrogens with zero attached hydrogens (tertiary/aromatic N) is 2. The zero-order valence-corrected chi connectivity index (χ0v) is 13.2. The van der Waals surface area contributed by atoms with Gasteiger partial charge in [0.05, 0.1) is 19.4 Å². The van der Waals surface area contributed by atoms with E-state index in [-0.39, 0.29) is 30.6 Å². The zero-order chi connectivity index (χ0) is 16.0. The first-order chi connectivity index (χ1) is 9.81. The van der Waals surface area contributed by atoms with Gasteiger partial charge in [0.1, 0.15) is 5.56 Å². The molecule has 0 aliphatic rings. The van der Waals surface area contributed by atoms with Crippen LogP contribution < -0.4 is 9.46 Å². The summed E-state index contributed by atoms with van der Waals surface area (Å²) in [7, 11) is -2.58. The molecule has 0 radical (unpaired) electrons. The third-order valence-electron chi connectivity index (χ3n) is 2.29. The van der Waals surface area contributed by atoms with Gasteiger partial charge in [0.25, 0.3) is 15.2 Å². The van der Waals surface area contributed by atoms with Crippen LogP contribution in [0.15, 0.2) is 11.4 Å². The van der Waals surface area contributed by atoms with Crippen LogP contribution in [0.2, 0.25) is 0 Å². The van der Waals surface area contributed by atoms with Gasteiger partial charge in [0.2, 0.25) is 5.88 Å². The molecule has 1 aromatic heterocycles. The van der Waals surface area contributed by atoms with Crippen molar-refractivity contribution in [2.24, 2.45) is 5.92 Å². The zero-order valence-electron chi connectivity index (χ0n) is 12.4. The van der Waals surface area contributed by atoms with Crippen molar-refractivity contribution >= 4 is 16.0 Å². The van der Waals surface area contributed by atoms with Gasteiger partial charge in [-0.3, -0.25) is 0 Å². The molecule has 0 amide bonds. The molecule has 9 heteroatoms. The molecule has 0 aliphatic carbocycles. The smallest absolute Gasteiger partial charge is 0.345 e. The summed E-state index contributed by atoms with van der Waals surface area (Å²) < 4.78 is 35.7. The lowest BCUT2D eigenvalue weighted by Crippen LogP contribution is -2.22. The first-order valence-corrected chi connectivity index (χ1v) is 7.90. The maximum Gasteiger partial charge on any atom is 0.345 e. The lowest BCUT2D eigenvalue weighted by atomic mass is 10.2. The van der Waals surface area contributed by atoms with E-state index in [0.29, 0.717) is 0 Å². The number of nitrogens with one attached hydrogen (secondary N) is 1. The number of hydrogen-bond acceptors (Lipinski definition) is 7. The van der Waals surface area contributed by atoms with E-state index in [9.17, 15) is 13.2 Å². The second-order valence-corrected chi connectivity index (χ2v) is 6.28. The minimum atomic E-state index is -3.82. The largest absolute Gasteiger partial charge is 0.477 e.